The van der Waals surface area contributed by atoms with Gasteiger partial charge in [0, 0.05) is 12.2 Å². The summed E-state index contributed by atoms with van der Waals surface area (Å²) in [6.45, 7) is 10.5. The Hall–Kier alpha value is -1.80. The number of aliphatic hydroxyl groups excluding tert-OH is 1. The molecule has 0 saturated heterocycles. The molecule has 0 unspecified atom stereocenters. The van der Waals surface area contributed by atoms with E-state index >= 15 is 0 Å². The van der Waals surface area contributed by atoms with Crippen LogP contribution >= 0.6 is 0 Å². The molecule has 0 saturated carbocycles. The van der Waals surface area contributed by atoms with E-state index < -0.39 is 0 Å². The smallest absolute Gasteiger partial charge is 0.127 e. The highest BCUT2D eigenvalue weighted by Gasteiger charge is 2.37. The van der Waals surface area contributed by atoms with E-state index in [1.54, 1.807) is 0 Å². The summed E-state index contributed by atoms with van der Waals surface area (Å²) in [6, 6.07) is 15.4. The first-order chi connectivity index (χ1) is 13.3. The molecule has 1 N–H and O–H groups in total. The third-order valence-electron chi connectivity index (χ3n) is 6.36. The lowest BCUT2D eigenvalue weighted by molar-refractivity contribution is 0.273. The fraction of sp³-hybridized carbons (Fsp3) is 0.538. The van der Waals surface area contributed by atoms with Gasteiger partial charge in [-0.2, -0.15) is 0 Å². The van der Waals surface area contributed by atoms with Crippen molar-refractivity contribution in [3.05, 3.63) is 53.6 Å². The third kappa shape index (κ3) is 4.60. The Morgan fingerprint density at radius 1 is 0.821 bits per heavy atom. The Labute approximate surface area is 170 Å². The zero-order valence-corrected chi connectivity index (χ0v) is 18.1. The van der Waals surface area contributed by atoms with Crippen LogP contribution in [-0.2, 0) is 10.8 Å². The Morgan fingerprint density at radius 3 is 2.25 bits per heavy atom. The minimum absolute atomic E-state index is 0.212. The van der Waals surface area contributed by atoms with Crippen molar-refractivity contribution < 1.29 is 9.84 Å². The van der Waals surface area contributed by atoms with Gasteiger partial charge in [-0.3, -0.25) is 0 Å². The number of unbranched alkanes of at least 4 members (excludes halogenated alkanes) is 3. The van der Waals surface area contributed by atoms with Crippen molar-refractivity contribution in [3.63, 3.8) is 0 Å². The summed E-state index contributed by atoms with van der Waals surface area (Å²) >= 11 is 0. The van der Waals surface area contributed by atoms with Crippen LogP contribution in [0.1, 0.15) is 77.3 Å². The first-order valence-electron chi connectivity index (χ1n) is 10.8. The van der Waals surface area contributed by atoms with Crippen molar-refractivity contribution in [1.82, 2.24) is 0 Å². The fourth-order valence-electron chi connectivity index (χ4n) is 4.34. The number of hydrogen-bond acceptors (Lipinski definition) is 2. The van der Waals surface area contributed by atoms with Gasteiger partial charge in [0.25, 0.3) is 0 Å². The van der Waals surface area contributed by atoms with Gasteiger partial charge in [0.2, 0.25) is 0 Å². The molecule has 28 heavy (non-hydrogen) atoms. The average Bonchev–Trinajstić information content (AvgIpc) is 2.68. The molecule has 3 rings (SSSR count). The van der Waals surface area contributed by atoms with Gasteiger partial charge < -0.3 is 9.84 Å². The normalized spacial score (nSPS) is 17.2. The number of fused-ring (bicyclic) bond motifs is 1. The molecule has 0 amide bonds. The molecule has 2 nitrogen and oxygen atoms in total. The van der Waals surface area contributed by atoms with Gasteiger partial charge in [-0.05, 0) is 65.7 Å². The first-order valence-corrected chi connectivity index (χ1v) is 10.8. The van der Waals surface area contributed by atoms with Crippen LogP contribution in [0.15, 0.2) is 42.5 Å². The van der Waals surface area contributed by atoms with Crippen LogP contribution in [0.25, 0.3) is 11.1 Å². The molecule has 1 aliphatic rings. The first kappa shape index (κ1) is 20.9. The van der Waals surface area contributed by atoms with Crippen molar-refractivity contribution in [2.45, 2.75) is 77.0 Å². The van der Waals surface area contributed by atoms with Crippen LogP contribution in [0.4, 0.5) is 0 Å². The lowest BCUT2D eigenvalue weighted by Gasteiger charge is -2.42. The molecule has 0 atom stereocenters. The molecule has 0 spiro atoms. The molecular weight excluding hydrogens is 344 g/mol. The maximum atomic E-state index is 8.89. The Kier molecular flexibility index (Phi) is 6.50. The van der Waals surface area contributed by atoms with E-state index in [1.165, 1.54) is 35.1 Å². The van der Waals surface area contributed by atoms with Gasteiger partial charge in [0.15, 0.2) is 0 Å². The number of aliphatic hydroxyl groups is 1. The van der Waals surface area contributed by atoms with Gasteiger partial charge >= 0.3 is 0 Å². The summed E-state index contributed by atoms with van der Waals surface area (Å²) < 4.78 is 6.15. The molecule has 0 aromatic heterocycles. The zero-order chi connectivity index (χ0) is 20.2. The van der Waals surface area contributed by atoms with Crippen molar-refractivity contribution in [2.75, 3.05) is 13.2 Å². The Bertz CT molecular complexity index is 789. The van der Waals surface area contributed by atoms with E-state index in [4.69, 9.17) is 9.84 Å². The predicted molar refractivity (Wildman–Crippen MR) is 118 cm³/mol. The number of ether oxygens (including phenoxy) is 1. The third-order valence-corrected chi connectivity index (χ3v) is 6.36. The lowest BCUT2D eigenvalue weighted by Crippen LogP contribution is -2.33. The van der Waals surface area contributed by atoms with Crippen LogP contribution in [0.5, 0.6) is 5.75 Å². The molecule has 2 aromatic carbocycles. The molecule has 0 radical (unpaired) electrons. The Balaban J connectivity index is 1.83. The largest absolute Gasteiger partial charge is 0.493 e. The minimum atomic E-state index is 0.212. The number of para-hydroxylation sites is 1. The van der Waals surface area contributed by atoms with Crippen molar-refractivity contribution in [3.8, 4) is 16.9 Å². The summed E-state index contributed by atoms with van der Waals surface area (Å²) in [7, 11) is 0. The van der Waals surface area contributed by atoms with Crippen molar-refractivity contribution >= 4 is 0 Å². The highest BCUT2D eigenvalue weighted by atomic mass is 16.5. The summed E-state index contributed by atoms with van der Waals surface area (Å²) in [5, 5.41) is 8.89. The summed E-state index contributed by atoms with van der Waals surface area (Å²) in [4.78, 5) is 0. The monoisotopic (exact) mass is 380 g/mol. The van der Waals surface area contributed by atoms with E-state index in [0.717, 1.165) is 38.0 Å². The van der Waals surface area contributed by atoms with Crippen LogP contribution in [0.2, 0.25) is 0 Å². The van der Waals surface area contributed by atoms with Gasteiger partial charge in [0.05, 0.1) is 6.61 Å². The number of benzene rings is 2. The van der Waals surface area contributed by atoms with Crippen molar-refractivity contribution in [2.24, 2.45) is 0 Å². The standard InChI is InChI=1S/C26H36O2/c1-25(2)15-16-26(3,4)23-19-20(13-14-22(23)25)21-11-7-8-12-24(21)28-18-10-6-5-9-17-27/h7-8,11-14,19,27H,5-6,9-10,15-18H2,1-4H3. The molecule has 1 aliphatic carbocycles. The highest BCUT2D eigenvalue weighted by Crippen LogP contribution is 2.47. The van der Waals surface area contributed by atoms with Crippen LogP contribution in [0, 0.1) is 0 Å². The van der Waals surface area contributed by atoms with Crippen LogP contribution < -0.4 is 4.74 Å². The zero-order valence-electron chi connectivity index (χ0n) is 18.1. The van der Waals surface area contributed by atoms with E-state index in [9.17, 15) is 0 Å². The fourth-order valence-corrected chi connectivity index (χ4v) is 4.34. The SMILES string of the molecule is CC1(C)CCC(C)(C)c2cc(-c3ccccc3OCCCCCCO)ccc21. The summed E-state index contributed by atoms with van der Waals surface area (Å²) in [5.74, 6) is 0.970. The summed E-state index contributed by atoms with van der Waals surface area (Å²) in [5.41, 5.74) is 5.87. The quantitative estimate of drug-likeness (QED) is 0.521. The molecule has 152 valence electrons. The second-order valence-corrected chi connectivity index (χ2v) is 9.51. The van der Waals surface area contributed by atoms with E-state index in [-0.39, 0.29) is 17.4 Å². The lowest BCUT2D eigenvalue weighted by atomic mass is 9.63. The highest BCUT2D eigenvalue weighted by molar-refractivity contribution is 5.72. The van der Waals surface area contributed by atoms with Crippen LogP contribution in [-0.4, -0.2) is 18.3 Å². The molecule has 0 bridgehead atoms. The average molecular weight is 381 g/mol. The second-order valence-electron chi connectivity index (χ2n) is 9.51. The predicted octanol–water partition coefficient (Wildman–Crippen LogP) is 6.63. The minimum Gasteiger partial charge on any atom is -0.493 e. The van der Waals surface area contributed by atoms with Gasteiger partial charge in [0.1, 0.15) is 5.75 Å². The molecule has 0 fully saturated rings. The second kappa shape index (κ2) is 8.69. The number of rotatable bonds is 8. The molecule has 2 aromatic rings. The molecular formula is C26H36O2. The molecule has 0 heterocycles. The topological polar surface area (TPSA) is 29.5 Å². The van der Waals surface area contributed by atoms with Gasteiger partial charge in [-0.25, -0.2) is 0 Å². The van der Waals surface area contributed by atoms with Gasteiger partial charge in [-0.1, -0.05) is 70.5 Å². The summed E-state index contributed by atoms with van der Waals surface area (Å²) in [6.07, 6.45) is 6.55. The van der Waals surface area contributed by atoms with E-state index in [2.05, 4.69) is 70.2 Å². The molecule has 2 heteroatoms. The molecule has 0 aliphatic heterocycles. The van der Waals surface area contributed by atoms with Gasteiger partial charge in [-0.15, -0.1) is 0 Å². The van der Waals surface area contributed by atoms with E-state index in [0.29, 0.717) is 0 Å². The maximum absolute atomic E-state index is 8.89. The number of hydrogen-bond donors (Lipinski definition) is 1. The van der Waals surface area contributed by atoms with E-state index in [1.807, 2.05) is 0 Å². The Morgan fingerprint density at radius 2 is 1.50 bits per heavy atom. The maximum Gasteiger partial charge on any atom is 0.127 e. The van der Waals surface area contributed by atoms with Crippen LogP contribution in [0.3, 0.4) is 0 Å². The van der Waals surface area contributed by atoms with Crippen molar-refractivity contribution in [1.29, 1.82) is 0 Å².